The van der Waals surface area contributed by atoms with E-state index in [1.54, 1.807) is 6.08 Å². The molecule has 31 heavy (non-hydrogen) atoms. The number of rotatable bonds is 3. The van der Waals surface area contributed by atoms with E-state index in [4.69, 9.17) is 9.47 Å². The van der Waals surface area contributed by atoms with Crippen molar-refractivity contribution in [3.05, 3.63) is 28.5 Å². The summed E-state index contributed by atoms with van der Waals surface area (Å²) >= 11 is 3.29. The van der Waals surface area contributed by atoms with Crippen molar-refractivity contribution in [2.75, 3.05) is 25.1 Å². The minimum Gasteiger partial charge on any atom is -0.467 e. The van der Waals surface area contributed by atoms with Crippen LogP contribution < -0.4 is 9.64 Å². The first-order valence-corrected chi connectivity index (χ1v) is 11.0. The van der Waals surface area contributed by atoms with Crippen LogP contribution in [-0.2, 0) is 4.74 Å². The maximum Gasteiger partial charge on any atom is 0.410 e. The molecule has 0 N–H and O–H groups in total. The molecule has 4 rings (SSSR count). The fraction of sp³-hybridized carbons (Fsp3) is 0.500. The lowest BCUT2D eigenvalue weighted by atomic mass is 10.1. The maximum atomic E-state index is 15.1. The summed E-state index contributed by atoms with van der Waals surface area (Å²) in [6.07, 6.45) is 3.08. The fourth-order valence-electron chi connectivity index (χ4n) is 4.36. The number of carbonyl (C=O) groups excluding carboxylic acids is 1. The lowest BCUT2D eigenvalue weighted by Crippen LogP contribution is -2.57. The van der Waals surface area contributed by atoms with E-state index in [2.05, 4.69) is 37.4 Å². The number of carbonyl (C=O) groups is 1. The van der Waals surface area contributed by atoms with Crippen LogP contribution >= 0.6 is 15.9 Å². The second-order valence-electron chi connectivity index (χ2n) is 8.91. The van der Waals surface area contributed by atoms with E-state index in [9.17, 15) is 4.79 Å². The second kappa shape index (κ2) is 7.93. The highest BCUT2D eigenvalue weighted by Gasteiger charge is 2.45. The summed E-state index contributed by atoms with van der Waals surface area (Å²) < 4.78 is 26.2. The summed E-state index contributed by atoms with van der Waals surface area (Å²) in [7, 11) is 1.46. The van der Waals surface area contributed by atoms with Gasteiger partial charge in [-0.05, 0) is 61.2 Å². The van der Waals surface area contributed by atoms with Gasteiger partial charge in [-0.25, -0.2) is 9.18 Å². The number of benzene rings is 1. The van der Waals surface area contributed by atoms with Crippen LogP contribution in [0, 0.1) is 5.82 Å². The molecule has 1 aromatic carbocycles. The number of methoxy groups -OCH3 is 1. The highest BCUT2D eigenvalue weighted by atomic mass is 79.9. The molecule has 1 amide bonds. The van der Waals surface area contributed by atoms with Crippen LogP contribution in [0.5, 0.6) is 6.01 Å². The Hall–Kier alpha value is -2.42. The summed E-state index contributed by atoms with van der Waals surface area (Å²) in [6.45, 7) is 10.5. The average Bonchev–Trinajstić information content (AvgIpc) is 2.98. The molecular weight excluding hydrogens is 467 g/mol. The molecule has 0 radical (unpaired) electrons. The number of anilines is 1. The van der Waals surface area contributed by atoms with Crippen molar-refractivity contribution >= 4 is 44.8 Å². The Balaban J connectivity index is 1.73. The van der Waals surface area contributed by atoms with Gasteiger partial charge in [0.25, 0.3) is 0 Å². The number of halogens is 2. The normalized spacial score (nSPS) is 20.8. The van der Waals surface area contributed by atoms with Crippen LogP contribution in [0.1, 0.15) is 39.2 Å². The van der Waals surface area contributed by atoms with Crippen LogP contribution in [0.25, 0.3) is 17.0 Å². The van der Waals surface area contributed by atoms with E-state index in [1.807, 2.05) is 31.7 Å². The summed E-state index contributed by atoms with van der Waals surface area (Å²) in [4.78, 5) is 25.5. The molecule has 2 fully saturated rings. The number of fused-ring (bicyclic) bond motifs is 3. The second-order valence-corrected chi connectivity index (χ2v) is 9.70. The molecule has 2 aliphatic rings. The highest BCUT2D eigenvalue weighted by molar-refractivity contribution is 9.10. The number of aromatic nitrogens is 2. The van der Waals surface area contributed by atoms with Crippen LogP contribution in [0.15, 0.2) is 17.1 Å². The quantitative estimate of drug-likeness (QED) is 0.614. The van der Waals surface area contributed by atoms with Crippen molar-refractivity contribution in [1.29, 1.82) is 0 Å². The van der Waals surface area contributed by atoms with E-state index < -0.39 is 11.4 Å². The Morgan fingerprint density at radius 2 is 1.94 bits per heavy atom. The maximum absolute atomic E-state index is 15.1. The Bertz CT molecular complexity index is 1040. The van der Waals surface area contributed by atoms with Gasteiger partial charge >= 0.3 is 12.1 Å². The van der Waals surface area contributed by atoms with Crippen LogP contribution in [0.3, 0.4) is 0 Å². The zero-order chi connectivity index (χ0) is 22.5. The monoisotopic (exact) mass is 492 g/mol. The number of ether oxygens (including phenoxy) is 2. The number of hydrogen-bond donors (Lipinski definition) is 0. The van der Waals surface area contributed by atoms with Crippen molar-refractivity contribution < 1.29 is 18.7 Å². The molecule has 9 heteroatoms. The number of hydrogen-bond acceptors (Lipinski definition) is 6. The summed E-state index contributed by atoms with van der Waals surface area (Å²) in [6, 6.07) is 1.93. The fourth-order valence-corrected chi connectivity index (χ4v) is 4.82. The molecule has 2 saturated heterocycles. The highest BCUT2D eigenvalue weighted by Crippen LogP contribution is 2.38. The van der Waals surface area contributed by atoms with Crippen LogP contribution in [-0.4, -0.2) is 58.8 Å². The molecule has 2 atom stereocenters. The topological polar surface area (TPSA) is 67.8 Å². The van der Waals surface area contributed by atoms with E-state index in [-0.39, 0.29) is 29.7 Å². The Labute approximate surface area is 189 Å². The number of piperazine rings is 1. The smallest absolute Gasteiger partial charge is 0.410 e. The molecule has 7 nitrogen and oxygen atoms in total. The third-order valence-corrected chi connectivity index (χ3v) is 6.45. The zero-order valence-corrected chi connectivity index (χ0v) is 19.7. The van der Waals surface area contributed by atoms with Gasteiger partial charge in [0.05, 0.1) is 23.7 Å². The first-order valence-electron chi connectivity index (χ1n) is 10.3. The molecule has 1 aromatic heterocycles. The van der Waals surface area contributed by atoms with Gasteiger partial charge in [0.2, 0.25) is 0 Å². The molecule has 2 aromatic rings. The minimum atomic E-state index is -0.546. The van der Waals surface area contributed by atoms with Crippen molar-refractivity contribution in [3.63, 3.8) is 0 Å². The molecule has 0 saturated carbocycles. The van der Waals surface area contributed by atoms with Crippen molar-refractivity contribution in [1.82, 2.24) is 14.9 Å². The predicted octanol–water partition coefficient (Wildman–Crippen LogP) is 4.77. The molecule has 166 valence electrons. The van der Waals surface area contributed by atoms with Gasteiger partial charge < -0.3 is 14.4 Å². The number of nitrogens with zero attached hydrogens (tertiary/aromatic N) is 4. The van der Waals surface area contributed by atoms with Gasteiger partial charge in [0.15, 0.2) is 5.82 Å². The van der Waals surface area contributed by atoms with Gasteiger partial charge in [-0.3, -0.25) is 4.90 Å². The lowest BCUT2D eigenvalue weighted by Gasteiger charge is -2.42. The largest absolute Gasteiger partial charge is 0.467 e. The van der Waals surface area contributed by atoms with Crippen molar-refractivity contribution in [2.45, 2.75) is 51.3 Å². The Kier molecular flexibility index (Phi) is 5.57. The van der Waals surface area contributed by atoms with Gasteiger partial charge in [-0.1, -0.05) is 12.7 Å². The molecule has 0 spiro atoms. The van der Waals surface area contributed by atoms with Crippen LogP contribution in [0.2, 0.25) is 0 Å². The Morgan fingerprint density at radius 1 is 1.29 bits per heavy atom. The van der Waals surface area contributed by atoms with Gasteiger partial charge in [0, 0.05) is 18.5 Å². The summed E-state index contributed by atoms with van der Waals surface area (Å²) in [5, 5.41) is 0.585. The van der Waals surface area contributed by atoms with Crippen LogP contribution in [0.4, 0.5) is 15.0 Å². The van der Waals surface area contributed by atoms with E-state index >= 15 is 4.39 Å². The molecule has 3 heterocycles. The third kappa shape index (κ3) is 3.95. The van der Waals surface area contributed by atoms with Gasteiger partial charge in [-0.2, -0.15) is 9.97 Å². The van der Waals surface area contributed by atoms with E-state index in [1.165, 1.54) is 7.11 Å². The van der Waals surface area contributed by atoms with E-state index in [0.29, 0.717) is 34.3 Å². The molecule has 2 unspecified atom stereocenters. The SMILES string of the molecule is C=Cc1cc2c(N3CC4CCC(C3)N4C(=O)OC(C)(C)C)nc(OC)nc2c(F)c1Br. The van der Waals surface area contributed by atoms with Gasteiger partial charge in [-0.15, -0.1) is 0 Å². The first kappa shape index (κ1) is 21.8. The Morgan fingerprint density at radius 3 is 2.48 bits per heavy atom. The van der Waals surface area contributed by atoms with E-state index in [0.717, 1.165) is 12.8 Å². The lowest BCUT2D eigenvalue weighted by molar-refractivity contribution is 0.0123. The van der Waals surface area contributed by atoms with Gasteiger partial charge in [0.1, 0.15) is 16.9 Å². The first-order chi connectivity index (χ1) is 14.6. The molecule has 2 aliphatic heterocycles. The third-order valence-electron chi connectivity index (χ3n) is 5.65. The zero-order valence-electron chi connectivity index (χ0n) is 18.1. The van der Waals surface area contributed by atoms with Crippen molar-refractivity contribution in [2.24, 2.45) is 0 Å². The molecular formula is C22H26BrFN4O3. The molecule has 2 bridgehead atoms. The minimum absolute atomic E-state index is 0.00350. The number of amides is 1. The average molecular weight is 493 g/mol. The summed E-state index contributed by atoms with van der Waals surface area (Å²) in [5.74, 6) is 0.113. The van der Waals surface area contributed by atoms with Crippen molar-refractivity contribution in [3.8, 4) is 6.01 Å². The predicted molar refractivity (Wildman–Crippen MR) is 121 cm³/mol. The molecule has 0 aliphatic carbocycles. The summed E-state index contributed by atoms with van der Waals surface area (Å²) in [5.41, 5.74) is 0.257. The standard InChI is InChI=1S/C22H26BrFN4O3/c1-6-12-9-15-18(17(24)16(12)23)25-20(30-5)26-19(15)27-10-13-7-8-14(11-27)28(13)21(29)31-22(2,3)4/h6,9,13-14H,1,7-8,10-11H2,2-5H3.